The zero-order valence-corrected chi connectivity index (χ0v) is 10.5. The van der Waals surface area contributed by atoms with E-state index in [-0.39, 0.29) is 6.04 Å². The maximum absolute atomic E-state index is 5.79. The summed E-state index contributed by atoms with van der Waals surface area (Å²) in [6, 6.07) is 4.12. The van der Waals surface area contributed by atoms with Crippen molar-refractivity contribution in [3.63, 3.8) is 0 Å². The van der Waals surface area contributed by atoms with Crippen LogP contribution in [0.5, 0.6) is 0 Å². The summed E-state index contributed by atoms with van der Waals surface area (Å²) in [4.78, 5) is 2.29. The van der Waals surface area contributed by atoms with E-state index >= 15 is 0 Å². The van der Waals surface area contributed by atoms with E-state index in [9.17, 15) is 0 Å². The molecule has 1 fully saturated rings. The third kappa shape index (κ3) is 2.83. The smallest absolute Gasteiger partial charge is 0.169 e. The van der Waals surface area contributed by atoms with Gasteiger partial charge in [-0.3, -0.25) is 4.90 Å². The van der Waals surface area contributed by atoms with E-state index in [1.54, 1.807) is 0 Å². The van der Waals surface area contributed by atoms with Crippen LogP contribution in [0.3, 0.4) is 0 Å². The van der Waals surface area contributed by atoms with Gasteiger partial charge in [-0.05, 0) is 53.9 Å². The van der Waals surface area contributed by atoms with E-state index in [0.717, 1.165) is 22.9 Å². The Bertz CT molecular complexity index is 322. The highest BCUT2D eigenvalue weighted by Gasteiger charge is 2.27. The molecule has 1 heterocycles. The first-order valence-corrected chi connectivity index (χ1v) is 6.15. The molecule has 0 aromatic carbocycles. The molecular weight excluding hydrogens is 256 g/mol. The Morgan fingerprint density at radius 3 is 2.80 bits per heavy atom. The number of rotatable bonds is 5. The highest BCUT2D eigenvalue weighted by molar-refractivity contribution is 9.10. The van der Waals surface area contributed by atoms with Gasteiger partial charge in [-0.1, -0.05) is 0 Å². The Kier molecular flexibility index (Phi) is 3.49. The van der Waals surface area contributed by atoms with Gasteiger partial charge in [0.05, 0.1) is 6.04 Å². The van der Waals surface area contributed by atoms with E-state index in [2.05, 4.69) is 27.9 Å². The zero-order valence-electron chi connectivity index (χ0n) is 8.95. The lowest BCUT2D eigenvalue weighted by atomic mass is 10.2. The van der Waals surface area contributed by atoms with E-state index in [1.165, 1.54) is 12.8 Å². The van der Waals surface area contributed by atoms with Crippen molar-refractivity contribution in [2.75, 3.05) is 20.1 Å². The lowest BCUT2D eigenvalue weighted by molar-refractivity contribution is 0.211. The molecule has 1 aromatic heterocycles. The van der Waals surface area contributed by atoms with Crippen LogP contribution in [-0.4, -0.2) is 25.0 Å². The summed E-state index contributed by atoms with van der Waals surface area (Å²) in [7, 11) is 2.12. The highest BCUT2D eigenvalue weighted by Crippen LogP contribution is 2.32. The van der Waals surface area contributed by atoms with Crippen molar-refractivity contribution >= 4 is 15.9 Å². The van der Waals surface area contributed by atoms with E-state index in [0.29, 0.717) is 6.54 Å². The number of likely N-dealkylation sites (N-methyl/N-ethyl adjacent to an activating group) is 1. The van der Waals surface area contributed by atoms with Crippen LogP contribution in [0.1, 0.15) is 24.6 Å². The summed E-state index contributed by atoms with van der Waals surface area (Å²) in [5.74, 6) is 1.83. The van der Waals surface area contributed by atoms with Crippen molar-refractivity contribution in [2.45, 2.75) is 18.9 Å². The van der Waals surface area contributed by atoms with E-state index < -0.39 is 0 Å². The predicted molar refractivity (Wildman–Crippen MR) is 63.6 cm³/mol. The topological polar surface area (TPSA) is 42.4 Å². The van der Waals surface area contributed by atoms with E-state index in [1.807, 2.05) is 12.1 Å². The Labute approximate surface area is 98.7 Å². The molecule has 2 rings (SSSR count). The van der Waals surface area contributed by atoms with Gasteiger partial charge in [-0.25, -0.2) is 0 Å². The zero-order chi connectivity index (χ0) is 10.8. The molecule has 0 spiro atoms. The minimum Gasteiger partial charge on any atom is -0.453 e. The van der Waals surface area contributed by atoms with Gasteiger partial charge in [0.15, 0.2) is 4.67 Å². The van der Waals surface area contributed by atoms with Gasteiger partial charge in [-0.15, -0.1) is 0 Å². The molecule has 3 nitrogen and oxygen atoms in total. The Balaban J connectivity index is 2.01. The lowest BCUT2D eigenvalue weighted by Crippen LogP contribution is -2.31. The van der Waals surface area contributed by atoms with Crippen LogP contribution in [-0.2, 0) is 0 Å². The van der Waals surface area contributed by atoms with Crippen molar-refractivity contribution in [1.82, 2.24) is 4.90 Å². The van der Waals surface area contributed by atoms with Gasteiger partial charge in [0, 0.05) is 13.1 Å². The van der Waals surface area contributed by atoms with Crippen molar-refractivity contribution in [3.8, 4) is 0 Å². The van der Waals surface area contributed by atoms with Gasteiger partial charge in [0.1, 0.15) is 5.76 Å². The number of furan rings is 1. The summed E-state index contributed by atoms with van der Waals surface area (Å²) in [6.45, 7) is 1.73. The first-order valence-electron chi connectivity index (χ1n) is 5.36. The molecule has 2 N–H and O–H groups in total. The van der Waals surface area contributed by atoms with Crippen molar-refractivity contribution in [3.05, 3.63) is 22.6 Å². The van der Waals surface area contributed by atoms with Crippen LogP contribution < -0.4 is 5.73 Å². The van der Waals surface area contributed by atoms with Crippen LogP contribution in [0.4, 0.5) is 0 Å². The summed E-state index contributed by atoms with van der Waals surface area (Å²) in [6.07, 6.45) is 2.73. The standard InChI is InChI=1S/C11H17BrN2O/c1-14(7-8-2-3-8)9(6-13)10-4-5-11(12)15-10/h4-5,8-9H,2-3,6-7,13H2,1H3. The summed E-state index contributed by atoms with van der Waals surface area (Å²) >= 11 is 3.32. The molecule has 4 heteroatoms. The third-order valence-corrected chi connectivity index (χ3v) is 3.35. The monoisotopic (exact) mass is 272 g/mol. The van der Waals surface area contributed by atoms with Crippen LogP contribution >= 0.6 is 15.9 Å². The number of hydrogen-bond acceptors (Lipinski definition) is 3. The van der Waals surface area contributed by atoms with Crippen molar-refractivity contribution in [1.29, 1.82) is 0 Å². The Morgan fingerprint density at radius 2 is 2.33 bits per heavy atom. The summed E-state index contributed by atoms with van der Waals surface area (Å²) < 4.78 is 6.33. The molecule has 0 amide bonds. The van der Waals surface area contributed by atoms with Crippen LogP contribution in [0, 0.1) is 5.92 Å². The van der Waals surface area contributed by atoms with Crippen molar-refractivity contribution < 1.29 is 4.42 Å². The Hall–Kier alpha value is -0.320. The SMILES string of the molecule is CN(CC1CC1)C(CN)c1ccc(Br)o1. The second-order valence-electron chi connectivity index (χ2n) is 4.28. The number of halogens is 1. The fraction of sp³-hybridized carbons (Fsp3) is 0.636. The maximum Gasteiger partial charge on any atom is 0.169 e. The first-order chi connectivity index (χ1) is 7.20. The molecule has 0 saturated heterocycles. The van der Waals surface area contributed by atoms with Gasteiger partial charge in [0.2, 0.25) is 0 Å². The molecule has 0 bridgehead atoms. The van der Waals surface area contributed by atoms with Crippen LogP contribution in [0.25, 0.3) is 0 Å². The largest absolute Gasteiger partial charge is 0.453 e. The number of nitrogens with zero attached hydrogens (tertiary/aromatic N) is 1. The normalized spacial score (nSPS) is 18.4. The van der Waals surface area contributed by atoms with Gasteiger partial charge in [0.25, 0.3) is 0 Å². The van der Waals surface area contributed by atoms with E-state index in [4.69, 9.17) is 10.2 Å². The minimum absolute atomic E-state index is 0.205. The van der Waals surface area contributed by atoms with Gasteiger partial charge < -0.3 is 10.2 Å². The third-order valence-electron chi connectivity index (χ3n) is 2.92. The minimum atomic E-state index is 0.205. The molecular formula is C11H17BrN2O. The Morgan fingerprint density at radius 1 is 1.60 bits per heavy atom. The number of nitrogens with two attached hydrogens (primary N) is 1. The van der Waals surface area contributed by atoms with Crippen LogP contribution in [0.15, 0.2) is 21.2 Å². The summed E-state index contributed by atoms with van der Waals surface area (Å²) in [5, 5.41) is 0. The van der Waals surface area contributed by atoms with Crippen LogP contribution in [0.2, 0.25) is 0 Å². The fourth-order valence-electron chi connectivity index (χ4n) is 1.86. The molecule has 0 radical (unpaired) electrons. The second-order valence-corrected chi connectivity index (χ2v) is 5.06. The highest BCUT2D eigenvalue weighted by atomic mass is 79.9. The predicted octanol–water partition coefficient (Wildman–Crippen LogP) is 2.38. The molecule has 1 atom stereocenters. The van der Waals surface area contributed by atoms with Crippen molar-refractivity contribution in [2.24, 2.45) is 11.7 Å². The van der Waals surface area contributed by atoms with Gasteiger partial charge in [-0.2, -0.15) is 0 Å². The quantitative estimate of drug-likeness (QED) is 0.895. The molecule has 1 aromatic rings. The van der Waals surface area contributed by atoms with Gasteiger partial charge >= 0.3 is 0 Å². The maximum atomic E-state index is 5.79. The molecule has 15 heavy (non-hydrogen) atoms. The average Bonchev–Trinajstić information content (AvgIpc) is 2.90. The number of hydrogen-bond donors (Lipinski definition) is 1. The molecule has 0 aliphatic heterocycles. The second kappa shape index (κ2) is 4.68. The lowest BCUT2D eigenvalue weighted by Gasteiger charge is -2.25. The molecule has 1 unspecified atom stereocenters. The molecule has 1 saturated carbocycles. The molecule has 1 aliphatic carbocycles. The fourth-order valence-corrected chi connectivity index (χ4v) is 2.17. The first kappa shape index (κ1) is 11.2. The average molecular weight is 273 g/mol. The molecule has 84 valence electrons. The summed E-state index contributed by atoms with van der Waals surface area (Å²) in [5.41, 5.74) is 5.79. The molecule has 1 aliphatic rings.